The molecule has 2 atom stereocenters. The van der Waals surface area contributed by atoms with E-state index in [0.717, 1.165) is 11.3 Å². The third-order valence-electron chi connectivity index (χ3n) is 3.39. The smallest absolute Gasteiger partial charge is 0.326 e. The second kappa shape index (κ2) is 6.25. The highest BCUT2D eigenvalue weighted by molar-refractivity contribution is 5.88. The van der Waals surface area contributed by atoms with E-state index in [1.807, 2.05) is 24.3 Å². The van der Waals surface area contributed by atoms with Crippen LogP contribution in [0.25, 0.3) is 0 Å². The zero-order chi connectivity index (χ0) is 15.4. The molecule has 1 aromatic carbocycles. The first-order chi connectivity index (χ1) is 9.97. The summed E-state index contributed by atoms with van der Waals surface area (Å²) in [5.41, 5.74) is 1.94. The molecule has 0 saturated carbocycles. The van der Waals surface area contributed by atoms with E-state index in [9.17, 15) is 14.4 Å². The molecule has 1 amide bonds. The van der Waals surface area contributed by atoms with Gasteiger partial charge in [-0.05, 0) is 18.1 Å². The van der Waals surface area contributed by atoms with Crippen molar-refractivity contribution in [2.45, 2.75) is 18.9 Å². The summed E-state index contributed by atoms with van der Waals surface area (Å²) in [5.74, 6) is -3.49. The monoisotopic (exact) mass is 292 g/mol. The fourth-order valence-electron chi connectivity index (χ4n) is 2.29. The van der Waals surface area contributed by atoms with Crippen molar-refractivity contribution in [3.05, 3.63) is 29.8 Å². The third kappa shape index (κ3) is 3.71. The summed E-state index contributed by atoms with van der Waals surface area (Å²) in [4.78, 5) is 33.7. The molecule has 0 fully saturated rings. The highest BCUT2D eigenvalue weighted by Gasteiger charge is 2.29. The van der Waals surface area contributed by atoms with Gasteiger partial charge in [0, 0.05) is 12.2 Å². The largest absolute Gasteiger partial charge is 0.481 e. The maximum absolute atomic E-state index is 12.1. The Morgan fingerprint density at radius 1 is 1.29 bits per heavy atom. The van der Waals surface area contributed by atoms with Crippen LogP contribution in [0.2, 0.25) is 0 Å². The van der Waals surface area contributed by atoms with Gasteiger partial charge in [0.15, 0.2) is 0 Å². The van der Waals surface area contributed by atoms with E-state index in [1.54, 1.807) is 0 Å². The molecule has 7 nitrogen and oxygen atoms in total. The molecule has 0 spiro atoms. The summed E-state index contributed by atoms with van der Waals surface area (Å²) in [6.45, 7) is 0.391. The Balaban J connectivity index is 2.01. The Morgan fingerprint density at radius 3 is 2.67 bits per heavy atom. The second-order valence-corrected chi connectivity index (χ2v) is 4.94. The van der Waals surface area contributed by atoms with Crippen molar-refractivity contribution in [2.75, 3.05) is 11.9 Å². The molecule has 2 unspecified atom stereocenters. The molecule has 21 heavy (non-hydrogen) atoms. The van der Waals surface area contributed by atoms with Gasteiger partial charge in [0.25, 0.3) is 0 Å². The van der Waals surface area contributed by atoms with E-state index < -0.39 is 36.2 Å². The Bertz CT molecular complexity index is 572. The van der Waals surface area contributed by atoms with Crippen molar-refractivity contribution in [1.29, 1.82) is 0 Å². The molecule has 0 saturated heterocycles. The predicted molar refractivity (Wildman–Crippen MR) is 73.9 cm³/mol. The van der Waals surface area contributed by atoms with Gasteiger partial charge in [-0.15, -0.1) is 0 Å². The van der Waals surface area contributed by atoms with Crippen molar-refractivity contribution >= 4 is 23.5 Å². The highest BCUT2D eigenvalue weighted by Crippen LogP contribution is 2.24. The number of hydrogen-bond donors (Lipinski definition) is 4. The standard InChI is InChI=1S/C14H16N2O5/c17-12(18)6-11(14(20)21)16-13(19)9-5-8-3-1-2-4-10(8)15-7-9/h1-4,9,11,15H,5-7H2,(H,16,19)(H,17,18)(H,20,21). The normalized spacial score (nSPS) is 18.0. The van der Waals surface area contributed by atoms with Gasteiger partial charge in [0.2, 0.25) is 5.91 Å². The first-order valence-corrected chi connectivity index (χ1v) is 6.54. The summed E-state index contributed by atoms with van der Waals surface area (Å²) in [6, 6.07) is 6.15. The van der Waals surface area contributed by atoms with Crippen LogP contribution in [0.3, 0.4) is 0 Å². The number of aliphatic carboxylic acids is 2. The topological polar surface area (TPSA) is 116 Å². The van der Waals surface area contributed by atoms with Crippen LogP contribution in [0, 0.1) is 5.92 Å². The third-order valence-corrected chi connectivity index (χ3v) is 3.39. The fourth-order valence-corrected chi connectivity index (χ4v) is 2.29. The first-order valence-electron chi connectivity index (χ1n) is 6.54. The molecule has 0 aliphatic carbocycles. The van der Waals surface area contributed by atoms with Crippen LogP contribution < -0.4 is 10.6 Å². The van der Waals surface area contributed by atoms with Gasteiger partial charge in [-0.2, -0.15) is 0 Å². The number of rotatable bonds is 5. The molecule has 112 valence electrons. The Morgan fingerprint density at radius 2 is 2.00 bits per heavy atom. The SMILES string of the molecule is O=C(O)CC(NC(=O)C1CNc2ccccc2C1)C(=O)O. The van der Waals surface area contributed by atoms with Crippen molar-refractivity contribution < 1.29 is 24.6 Å². The molecule has 0 bridgehead atoms. The number of para-hydroxylation sites is 1. The molecule has 0 radical (unpaired) electrons. The molecule has 1 aliphatic rings. The van der Waals surface area contributed by atoms with Gasteiger partial charge in [-0.25, -0.2) is 4.79 Å². The number of carboxylic acids is 2. The number of carbonyl (C=O) groups excluding carboxylic acids is 1. The van der Waals surface area contributed by atoms with Gasteiger partial charge in [0.05, 0.1) is 12.3 Å². The molecule has 1 aliphatic heterocycles. The van der Waals surface area contributed by atoms with Crippen LogP contribution in [0.1, 0.15) is 12.0 Å². The summed E-state index contributed by atoms with van der Waals surface area (Å²) < 4.78 is 0. The first kappa shape index (κ1) is 14.8. The zero-order valence-electron chi connectivity index (χ0n) is 11.2. The molecule has 1 heterocycles. The number of nitrogens with one attached hydrogen (secondary N) is 2. The van der Waals surface area contributed by atoms with E-state index in [0.29, 0.717) is 13.0 Å². The van der Waals surface area contributed by atoms with E-state index in [2.05, 4.69) is 10.6 Å². The summed E-state index contributed by atoms with van der Waals surface area (Å²) in [7, 11) is 0. The maximum atomic E-state index is 12.1. The number of hydrogen-bond acceptors (Lipinski definition) is 4. The Labute approximate surface area is 121 Å². The number of benzene rings is 1. The van der Waals surface area contributed by atoms with E-state index in [4.69, 9.17) is 10.2 Å². The molecule has 7 heteroatoms. The van der Waals surface area contributed by atoms with Crippen molar-refractivity contribution in [3.8, 4) is 0 Å². The van der Waals surface area contributed by atoms with Gasteiger partial charge >= 0.3 is 11.9 Å². The zero-order valence-corrected chi connectivity index (χ0v) is 11.2. The molecule has 2 rings (SSSR count). The minimum absolute atomic E-state index is 0.391. The van der Waals surface area contributed by atoms with Crippen LogP contribution >= 0.6 is 0 Å². The quantitative estimate of drug-likeness (QED) is 0.621. The van der Waals surface area contributed by atoms with E-state index >= 15 is 0 Å². The van der Waals surface area contributed by atoms with Gasteiger partial charge in [0.1, 0.15) is 6.04 Å². The Kier molecular flexibility index (Phi) is 4.42. The van der Waals surface area contributed by atoms with Crippen molar-refractivity contribution in [1.82, 2.24) is 5.32 Å². The Hall–Kier alpha value is -2.57. The van der Waals surface area contributed by atoms with Crippen molar-refractivity contribution in [3.63, 3.8) is 0 Å². The van der Waals surface area contributed by atoms with Crippen molar-refractivity contribution in [2.24, 2.45) is 5.92 Å². The minimum Gasteiger partial charge on any atom is -0.481 e. The summed E-state index contributed by atoms with van der Waals surface area (Å²) in [5, 5.41) is 23.0. The number of anilines is 1. The predicted octanol–water partition coefficient (Wildman–Crippen LogP) is 0.315. The van der Waals surface area contributed by atoms with Gasteiger partial charge < -0.3 is 20.8 Å². The van der Waals surface area contributed by atoms with Gasteiger partial charge in [-0.1, -0.05) is 18.2 Å². The van der Waals surface area contributed by atoms with E-state index in [-0.39, 0.29) is 0 Å². The number of fused-ring (bicyclic) bond motifs is 1. The number of carbonyl (C=O) groups is 3. The lowest BCUT2D eigenvalue weighted by Crippen LogP contribution is -2.47. The second-order valence-electron chi connectivity index (χ2n) is 4.94. The summed E-state index contributed by atoms with van der Waals surface area (Å²) in [6.07, 6.45) is -0.147. The lowest BCUT2D eigenvalue weighted by molar-refractivity contribution is -0.147. The highest BCUT2D eigenvalue weighted by atomic mass is 16.4. The molecular weight excluding hydrogens is 276 g/mol. The van der Waals surface area contributed by atoms with Gasteiger partial charge in [-0.3, -0.25) is 9.59 Å². The summed E-state index contributed by atoms with van der Waals surface area (Å²) >= 11 is 0. The number of carboxylic acid groups (broad SMARTS) is 2. The lowest BCUT2D eigenvalue weighted by Gasteiger charge is -2.26. The van der Waals surface area contributed by atoms with Crippen LogP contribution in [0.15, 0.2) is 24.3 Å². The fraction of sp³-hybridized carbons (Fsp3) is 0.357. The molecule has 0 aromatic heterocycles. The lowest BCUT2D eigenvalue weighted by atomic mass is 9.93. The van der Waals surface area contributed by atoms with Crippen LogP contribution in [0.4, 0.5) is 5.69 Å². The van der Waals surface area contributed by atoms with Crippen LogP contribution in [-0.4, -0.2) is 40.6 Å². The number of amides is 1. The molecule has 1 aromatic rings. The van der Waals surface area contributed by atoms with E-state index in [1.165, 1.54) is 0 Å². The molecular formula is C14H16N2O5. The average Bonchev–Trinajstić information content (AvgIpc) is 2.45. The van der Waals surface area contributed by atoms with Crippen LogP contribution in [-0.2, 0) is 20.8 Å². The average molecular weight is 292 g/mol. The molecule has 4 N–H and O–H groups in total. The maximum Gasteiger partial charge on any atom is 0.326 e. The van der Waals surface area contributed by atoms with Crippen LogP contribution in [0.5, 0.6) is 0 Å². The minimum atomic E-state index is -1.41.